The first-order chi connectivity index (χ1) is 9.04. The third kappa shape index (κ3) is 2.73. The van der Waals surface area contributed by atoms with Gasteiger partial charge in [-0.15, -0.1) is 0 Å². The number of methoxy groups -OCH3 is 1. The first kappa shape index (κ1) is 13.9. The molecule has 1 fully saturated rings. The van der Waals surface area contributed by atoms with E-state index >= 15 is 0 Å². The highest BCUT2D eigenvalue weighted by Gasteiger charge is 2.27. The average molecular weight is 262 g/mol. The molecule has 1 heterocycles. The van der Waals surface area contributed by atoms with Crippen molar-refractivity contribution in [3.63, 3.8) is 0 Å². The summed E-state index contributed by atoms with van der Waals surface area (Å²) in [7, 11) is 1.62. The van der Waals surface area contributed by atoms with Gasteiger partial charge in [0.1, 0.15) is 11.8 Å². The van der Waals surface area contributed by atoms with Crippen LogP contribution in [0.2, 0.25) is 0 Å². The van der Waals surface area contributed by atoms with Crippen molar-refractivity contribution in [3.05, 3.63) is 28.8 Å². The Balaban J connectivity index is 2.31. The molecule has 0 spiro atoms. The van der Waals surface area contributed by atoms with Crippen molar-refractivity contribution in [1.82, 2.24) is 4.90 Å². The van der Waals surface area contributed by atoms with E-state index in [0.29, 0.717) is 0 Å². The number of aryl methyl sites for hydroxylation is 2. The molecule has 19 heavy (non-hydrogen) atoms. The number of ether oxygens (including phenoxy) is 1. The molecule has 0 aromatic heterocycles. The van der Waals surface area contributed by atoms with Gasteiger partial charge < -0.3 is 15.4 Å². The first-order valence-electron chi connectivity index (χ1n) is 6.74. The molecule has 104 valence electrons. The third-order valence-electron chi connectivity index (χ3n) is 3.67. The van der Waals surface area contributed by atoms with E-state index in [1.165, 1.54) is 0 Å². The van der Waals surface area contributed by atoms with E-state index in [1.807, 2.05) is 30.9 Å². The minimum absolute atomic E-state index is 0.000741. The van der Waals surface area contributed by atoms with Gasteiger partial charge in [-0.05, 0) is 32.3 Å². The van der Waals surface area contributed by atoms with Gasteiger partial charge in [-0.1, -0.05) is 17.7 Å². The van der Waals surface area contributed by atoms with Crippen LogP contribution in [0.5, 0.6) is 5.75 Å². The fraction of sp³-hybridized carbons (Fsp3) is 0.533. The number of nitrogens with zero attached hydrogens (tertiary/aromatic N) is 1. The SMILES string of the molecule is COc1c(C)cc(C)cc1C(N)C(=O)N1CCCC1. The van der Waals surface area contributed by atoms with Crippen LogP contribution in [-0.2, 0) is 4.79 Å². The summed E-state index contributed by atoms with van der Waals surface area (Å²) in [6.07, 6.45) is 2.14. The third-order valence-corrected chi connectivity index (χ3v) is 3.67. The normalized spacial score (nSPS) is 16.5. The maximum absolute atomic E-state index is 12.4. The van der Waals surface area contributed by atoms with Crippen molar-refractivity contribution in [2.24, 2.45) is 5.73 Å². The Morgan fingerprint density at radius 3 is 2.53 bits per heavy atom. The smallest absolute Gasteiger partial charge is 0.244 e. The van der Waals surface area contributed by atoms with Gasteiger partial charge in [-0.3, -0.25) is 4.79 Å². The van der Waals surface area contributed by atoms with E-state index in [0.717, 1.165) is 48.4 Å². The van der Waals surface area contributed by atoms with Gasteiger partial charge in [0.2, 0.25) is 5.91 Å². The van der Waals surface area contributed by atoms with Gasteiger partial charge in [0.25, 0.3) is 0 Å². The number of hydrogen-bond acceptors (Lipinski definition) is 3. The minimum Gasteiger partial charge on any atom is -0.496 e. The highest BCUT2D eigenvalue weighted by atomic mass is 16.5. The fourth-order valence-corrected chi connectivity index (χ4v) is 2.76. The number of hydrogen-bond donors (Lipinski definition) is 1. The van der Waals surface area contributed by atoms with Crippen LogP contribution in [0, 0.1) is 13.8 Å². The number of rotatable bonds is 3. The van der Waals surface area contributed by atoms with Gasteiger partial charge in [0.05, 0.1) is 7.11 Å². The average Bonchev–Trinajstić information content (AvgIpc) is 2.90. The number of carbonyl (C=O) groups excluding carboxylic acids is 1. The Labute approximate surface area is 114 Å². The van der Waals surface area contributed by atoms with Crippen LogP contribution in [0.3, 0.4) is 0 Å². The van der Waals surface area contributed by atoms with Crippen LogP contribution in [0.1, 0.15) is 35.6 Å². The number of likely N-dealkylation sites (tertiary alicyclic amines) is 1. The fourth-order valence-electron chi connectivity index (χ4n) is 2.76. The van der Waals surface area contributed by atoms with Crippen molar-refractivity contribution in [2.45, 2.75) is 32.7 Å². The topological polar surface area (TPSA) is 55.6 Å². The Morgan fingerprint density at radius 1 is 1.32 bits per heavy atom. The van der Waals surface area contributed by atoms with Gasteiger partial charge in [-0.2, -0.15) is 0 Å². The quantitative estimate of drug-likeness (QED) is 0.905. The van der Waals surface area contributed by atoms with E-state index in [2.05, 4.69) is 0 Å². The molecule has 4 nitrogen and oxygen atoms in total. The number of amides is 1. The lowest BCUT2D eigenvalue weighted by Gasteiger charge is -2.23. The highest BCUT2D eigenvalue weighted by Crippen LogP contribution is 2.30. The first-order valence-corrected chi connectivity index (χ1v) is 6.74. The van der Waals surface area contributed by atoms with E-state index in [4.69, 9.17) is 10.5 Å². The van der Waals surface area contributed by atoms with Crippen molar-refractivity contribution in [2.75, 3.05) is 20.2 Å². The molecule has 0 aliphatic carbocycles. The summed E-state index contributed by atoms with van der Waals surface area (Å²) < 4.78 is 5.41. The molecule has 1 aliphatic heterocycles. The second-order valence-electron chi connectivity index (χ2n) is 5.21. The predicted octanol–water partition coefficient (Wildman–Crippen LogP) is 1.93. The van der Waals surface area contributed by atoms with Crippen LogP contribution >= 0.6 is 0 Å². The molecule has 1 atom stereocenters. The molecule has 1 aliphatic rings. The van der Waals surface area contributed by atoms with E-state index in [1.54, 1.807) is 7.11 Å². The van der Waals surface area contributed by atoms with Crippen molar-refractivity contribution in [3.8, 4) is 5.75 Å². The summed E-state index contributed by atoms with van der Waals surface area (Å²) in [5.74, 6) is 0.728. The maximum Gasteiger partial charge on any atom is 0.244 e. The zero-order valence-corrected chi connectivity index (χ0v) is 11.9. The largest absolute Gasteiger partial charge is 0.496 e. The monoisotopic (exact) mass is 262 g/mol. The van der Waals surface area contributed by atoms with Crippen molar-refractivity contribution in [1.29, 1.82) is 0 Å². The molecule has 1 aromatic rings. The highest BCUT2D eigenvalue weighted by molar-refractivity contribution is 5.84. The van der Waals surface area contributed by atoms with Crippen molar-refractivity contribution < 1.29 is 9.53 Å². The van der Waals surface area contributed by atoms with Crippen LogP contribution < -0.4 is 10.5 Å². The molecule has 0 saturated carbocycles. The Morgan fingerprint density at radius 2 is 1.95 bits per heavy atom. The molecule has 2 N–H and O–H groups in total. The molecule has 1 aromatic carbocycles. The number of carbonyl (C=O) groups is 1. The van der Waals surface area contributed by atoms with Crippen LogP contribution in [0.4, 0.5) is 0 Å². The standard InChI is InChI=1S/C15H22N2O2/c1-10-8-11(2)14(19-3)12(9-10)13(16)15(18)17-6-4-5-7-17/h8-9,13H,4-7,16H2,1-3H3. The summed E-state index contributed by atoms with van der Waals surface area (Å²) in [5.41, 5.74) is 9.06. The lowest BCUT2D eigenvalue weighted by atomic mass is 9.99. The molecule has 4 heteroatoms. The van der Waals surface area contributed by atoms with Gasteiger partial charge in [-0.25, -0.2) is 0 Å². The minimum atomic E-state index is -0.633. The summed E-state index contributed by atoms with van der Waals surface area (Å²) >= 11 is 0. The van der Waals surface area contributed by atoms with Crippen molar-refractivity contribution >= 4 is 5.91 Å². The van der Waals surface area contributed by atoms with Gasteiger partial charge in [0, 0.05) is 18.7 Å². The maximum atomic E-state index is 12.4. The molecular formula is C15H22N2O2. The Bertz CT molecular complexity index is 479. The second-order valence-corrected chi connectivity index (χ2v) is 5.21. The molecule has 0 bridgehead atoms. The molecular weight excluding hydrogens is 240 g/mol. The zero-order chi connectivity index (χ0) is 14.0. The Hall–Kier alpha value is -1.55. The van der Waals surface area contributed by atoms with Crippen LogP contribution in [0.25, 0.3) is 0 Å². The summed E-state index contributed by atoms with van der Waals surface area (Å²) in [6.45, 7) is 5.62. The van der Waals surface area contributed by atoms with E-state index < -0.39 is 6.04 Å². The van der Waals surface area contributed by atoms with Gasteiger partial charge in [0.15, 0.2) is 0 Å². The number of nitrogens with two attached hydrogens (primary N) is 1. The molecule has 0 radical (unpaired) electrons. The molecule has 1 saturated heterocycles. The van der Waals surface area contributed by atoms with Gasteiger partial charge >= 0.3 is 0 Å². The Kier molecular flexibility index (Phi) is 4.10. The lowest BCUT2D eigenvalue weighted by molar-refractivity contribution is -0.131. The summed E-state index contributed by atoms with van der Waals surface area (Å²) in [5, 5.41) is 0. The van der Waals surface area contributed by atoms with E-state index in [9.17, 15) is 4.79 Å². The summed E-state index contributed by atoms with van der Waals surface area (Å²) in [4.78, 5) is 14.2. The van der Waals surface area contributed by atoms with Crippen LogP contribution in [-0.4, -0.2) is 31.0 Å². The summed E-state index contributed by atoms with van der Waals surface area (Å²) in [6, 6.07) is 3.35. The predicted molar refractivity (Wildman–Crippen MR) is 75.2 cm³/mol. The lowest BCUT2D eigenvalue weighted by Crippen LogP contribution is -2.36. The molecule has 2 rings (SSSR count). The molecule has 1 amide bonds. The number of benzene rings is 1. The van der Waals surface area contributed by atoms with E-state index in [-0.39, 0.29) is 5.91 Å². The van der Waals surface area contributed by atoms with Crippen LogP contribution in [0.15, 0.2) is 12.1 Å². The zero-order valence-electron chi connectivity index (χ0n) is 11.9. The second kappa shape index (κ2) is 5.61. The molecule has 1 unspecified atom stereocenters.